The smallest absolute Gasteiger partial charge is 0.244 e. The van der Waals surface area contributed by atoms with E-state index in [0.29, 0.717) is 5.88 Å². The van der Waals surface area contributed by atoms with Gasteiger partial charge in [0.25, 0.3) is 0 Å². The van der Waals surface area contributed by atoms with Gasteiger partial charge in [-0.2, -0.15) is 5.26 Å². The number of ether oxygens (including phenoxy) is 1. The Hall–Kier alpha value is -3.39. The molecule has 0 saturated heterocycles. The van der Waals surface area contributed by atoms with Crippen molar-refractivity contribution in [1.82, 2.24) is 14.5 Å². The summed E-state index contributed by atoms with van der Waals surface area (Å²) in [4.78, 5) is 8.59. The molecular weight excluding hydrogens is 312 g/mol. The Morgan fingerprint density at radius 2 is 1.96 bits per heavy atom. The zero-order valence-corrected chi connectivity index (χ0v) is 14.0. The molecule has 4 aromatic rings. The first kappa shape index (κ1) is 15.2. The molecule has 25 heavy (non-hydrogen) atoms. The van der Waals surface area contributed by atoms with E-state index in [1.54, 1.807) is 12.4 Å². The van der Waals surface area contributed by atoms with Crippen molar-refractivity contribution < 1.29 is 4.74 Å². The van der Waals surface area contributed by atoms with Gasteiger partial charge in [0.1, 0.15) is 17.8 Å². The van der Waals surface area contributed by atoms with Gasteiger partial charge >= 0.3 is 0 Å². The van der Waals surface area contributed by atoms with Gasteiger partial charge in [-0.25, -0.2) is 4.98 Å². The Labute approximate surface area is 145 Å². The van der Waals surface area contributed by atoms with Gasteiger partial charge in [0.05, 0.1) is 6.07 Å². The molecule has 3 aromatic heterocycles. The van der Waals surface area contributed by atoms with Crippen LogP contribution in [0.1, 0.15) is 11.3 Å². The van der Waals surface area contributed by atoms with Crippen LogP contribution in [0.25, 0.3) is 21.7 Å². The number of pyridine rings is 2. The summed E-state index contributed by atoms with van der Waals surface area (Å²) in [5, 5.41) is 12.2. The molecule has 0 saturated carbocycles. The van der Waals surface area contributed by atoms with Crippen molar-refractivity contribution in [2.45, 2.75) is 20.4 Å². The largest absolute Gasteiger partial charge is 0.436 e. The van der Waals surface area contributed by atoms with Crippen LogP contribution in [0.4, 0.5) is 0 Å². The molecule has 0 aliphatic rings. The minimum atomic E-state index is 0.262. The van der Waals surface area contributed by atoms with Crippen LogP contribution in [0, 0.1) is 25.2 Å². The lowest BCUT2D eigenvalue weighted by molar-refractivity contribution is 0.471. The van der Waals surface area contributed by atoms with Gasteiger partial charge in [-0.05, 0) is 37.6 Å². The maximum absolute atomic E-state index is 9.20. The molecule has 4 rings (SSSR count). The van der Waals surface area contributed by atoms with Crippen LogP contribution in [0.5, 0.6) is 11.6 Å². The molecule has 0 N–H and O–H groups in total. The summed E-state index contributed by atoms with van der Waals surface area (Å²) >= 11 is 0. The number of aromatic nitrogens is 3. The molecule has 5 heteroatoms. The third kappa shape index (κ3) is 2.39. The molecule has 0 fully saturated rings. The third-order valence-corrected chi connectivity index (χ3v) is 4.59. The van der Waals surface area contributed by atoms with Crippen LogP contribution in [-0.2, 0) is 6.54 Å². The molecule has 0 bridgehead atoms. The van der Waals surface area contributed by atoms with E-state index in [2.05, 4.69) is 23.0 Å². The van der Waals surface area contributed by atoms with Crippen LogP contribution in [0.15, 0.2) is 48.9 Å². The fourth-order valence-corrected chi connectivity index (χ4v) is 3.19. The summed E-state index contributed by atoms with van der Waals surface area (Å²) in [6.07, 6.45) is 5.30. The third-order valence-electron chi connectivity index (χ3n) is 4.59. The van der Waals surface area contributed by atoms with Crippen molar-refractivity contribution in [1.29, 1.82) is 5.26 Å². The van der Waals surface area contributed by atoms with Crippen molar-refractivity contribution in [2.75, 3.05) is 0 Å². The molecule has 0 aliphatic carbocycles. The monoisotopic (exact) mass is 328 g/mol. The number of benzene rings is 1. The summed E-state index contributed by atoms with van der Waals surface area (Å²) in [7, 11) is 0. The standard InChI is InChI=1S/C20H16N4O/c1-13-14(2)24(11-8-21)19-16(13)7-10-23-20(19)25-18-5-3-4-15-12-22-9-6-17(15)18/h3-7,9-10,12H,11H2,1-2H3. The highest BCUT2D eigenvalue weighted by Gasteiger charge is 2.17. The van der Waals surface area contributed by atoms with Crippen LogP contribution in [0.2, 0.25) is 0 Å². The quantitative estimate of drug-likeness (QED) is 0.555. The highest BCUT2D eigenvalue weighted by atomic mass is 16.5. The molecule has 0 radical (unpaired) electrons. The number of rotatable bonds is 3. The van der Waals surface area contributed by atoms with Crippen LogP contribution < -0.4 is 4.74 Å². The molecule has 122 valence electrons. The van der Waals surface area contributed by atoms with Gasteiger partial charge < -0.3 is 9.30 Å². The van der Waals surface area contributed by atoms with Crippen LogP contribution in [0.3, 0.4) is 0 Å². The first-order chi connectivity index (χ1) is 12.2. The number of hydrogen-bond donors (Lipinski definition) is 0. The lowest BCUT2D eigenvalue weighted by Crippen LogP contribution is -2.00. The highest BCUT2D eigenvalue weighted by Crippen LogP contribution is 2.35. The first-order valence-electron chi connectivity index (χ1n) is 8.02. The molecule has 0 amide bonds. The Kier molecular flexibility index (Phi) is 3.58. The van der Waals surface area contributed by atoms with Gasteiger partial charge in [0, 0.05) is 40.4 Å². The second-order valence-corrected chi connectivity index (χ2v) is 5.92. The number of nitrogens with zero attached hydrogens (tertiary/aromatic N) is 4. The van der Waals surface area contributed by atoms with E-state index >= 15 is 0 Å². The van der Waals surface area contributed by atoms with Crippen LogP contribution in [-0.4, -0.2) is 14.5 Å². The first-order valence-corrected chi connectivity index (χ1v) is 8.02. The summed E-state index contributed by atoms with van der Waals surface area (Å²) in [6.45, 7) is 4.33. The highest BCUT2D eigenvalue weighted by molar-refractivity contribution is 5.91. The van der Waals surface area contributed by atoms with E-state index in [9.17, 15) is 5.26 Å². The van der Waals surface area contributed by atoms with Crippen molar-refractivity contribution in [3.8, 4) is 17.7 Å². The summed E-state index contributed by atoms with van der Waals surface area (Å²) in [5.41, 5.74) is 3.04. The number of aryl methyl sites for hydroxylation is 1. The molecule has 3 heterocycles. The predicted molar refractivity (Wildman–Crippen MR) is 96.6 cm³/mol. The molecule has 0 atom stereocenters. The summed E-state index contributed by atoms with van der Waals surface area (Å²) in [5.74, 6) is 1.23. The fourth-order valence-electron chi connectivity index (χ4n) is 3.19. The Balaban J connectivity index is 1.93. The number of fused-ring (bicyclic) bond motifs is 2. The average Bonchev–Trinajstić information content (AvgIpc) is 2.88. The maximum atomic E-state index is 9.20. The van der Waals surface area contributed by atoms with Gasteiger partial charge in [0.15, 0.2) is 0 Å². The van der Waals surface area contributed by atoms with Crippen molar-refractivity contribution in [2.24, 2.45) is 0 Å². The van der Waals surface area contributed by atoms with Crippen molar-refractivity contribution in [3.63, 3.8) is 0 Å². The molecule has 0 unspecified atom stereocenters. The molecule has 0 spiro atoms. The Morgan fingerprint density at radius 1 is 1.12 bits per heavy atom. The average molecular weight is 328 g/mol. The van der Waals surface area contributed by atoms with E-state index in [1.807, 2.05) is 48.0 Å². The van der Waals surface area contributed by atoms with E-state index in [4.69, 9.17) is 4.74 Å². The Morgan fingerprint density at radius 3 is 2.80 bits per heavy atom. The zero-order valence-electron chi connectivity index (χ0n) is 14.0. The molecule has 5 nitrogen and oxygen atoms in total. The number of nitriles is 1. The van der Waals surface area contributed by atoms with Crippen molar-refractivity contribution in [3.05, 3.63) is 60.2 Å². The van der Waals surface area contributed by atoms with Gasteiger partial charge in [-0.15, -0.1) is 0 Å². The SMILES string of the molecule is Cc1c(C)n(CC#N)c2c(Oc3cccc4cnccc34)nccc12. The molecule has 1 aromatic carbocycles. The van der Waals surface area contributed by atoms with Gasteiger partial charge in [-0.1, -0.05) is 12.1 Å². The summed E-state index contributed by atoms with van der Waals surface area (Å²) < 4.78 is 8.15. The summed E-state index contributed by atoms with van der Waals surface area (Å²) in [6, 6.07) is 12.0. The van der Waals surface area contributed by atoms with E-state index in [-0.39, 0.29) is 6.54 Å². The molecule has 0 aliphatic heterocycles. The van der Waals surface area contributed by atoms with E-state index in [0.717, 1.165) is 38.7 Å². The van der Waals surface area contributed by atoms with E-state index in [1.165, 1.54) is 0 Å². The predicted octanol–water partition coefficient (Wildman–Crippen LogP) is 4.52. The van der Waals surface area contributed by atoms with Gasteiger partial charge in [0.2, 0.25) is 5.88 Å². The van der Waals surface area contributed by atoms with Gasteiger partial charge in [-0.3, -0.25) is 4.98 Å². The topological polar surface area (TPSA) is 63.7 Å². The minimum Gasteiger partial charge on any atom is -0.436 e. The normalized spacial score (nSPS) is 10.9. The number of hydrogen-bond acceptors (Lipinski definition) is 4. The zero-order chi connectivity index (χ0) is 17.4. The van der Waals surface area contributed by atoms with Crippen molar-refractivity contribution >= 4 is 21.7 Å². The minimum absolute atomic E-state index is 0.262. The lowest BCUT2D eigenvalue weighted by Gasteiger charge is -2.11. The van der Waals surface area contributed by atoms with Crippen LogP contribution >= 0.6 is 0 Å². The maximum Gasteiger partial charge on any atom is 0.244 e. The second-order valence-electron chi connectivity index (χ2n) is 5.92. The lowest BCUT2D eigenvalue weighted by atomic mass is 10.1. The van der Waals surface area contributed by atoms with E-state index < -0.39 is 0 Å². The Bertz CT molecular complexity index is 1130. The fraction of sp³-hybridized carbons (Fsp3) is 0.150. The molecular formula is C20H16N4O. The second kappa shape index (κ2) is 5.91.